The van der Waals surface area contributed by atoms with E-state index in [0.29, 0.717) is 46.1 Å². The Morgan fingerprint density at radius 2 is 0.526 bits per heavy atom. The quantitative estimate of drug-likeness (QED) is 0.0646. The fraction of sp³-hybridized carbons (Fsp3) is 0. The maximum atomic E-state index is 11.4. The number of nitrogens with zero attached hydrogens (tertiary/aromatic N) is 3. The number of benzene rings is 6. The van der Waals surface area contributed by atoms with Crippen molar-refractivity contribution in [3.63, 3.8) is 0 Å². The first kappa shape index (κ1) is 40.1. The Balaban J connectivity index is 1.39. The van der Waals surface area contributed by atoms with Gasteiger partial charge in [0.05, 0.1) is 16.7 Å². The fourth-order valence-electron chi connectivity index (χ4n) is 6.15. The molecular weight excluding hydrogens is 835 g/mol. The minimum Gasteiger partial charge on any atom is -0.478 e. The normalized spacial score (nSPS) is 11.1. The Bertz CT molecular complexity index is 2400. The van der Waals surface area contributed by atoms with E-state index in [1.807, 2.05) is 36.4 Å². The van der Waals surface area contributed by atoms with E-state index >= 15 is 0 Å². The zero-order valence-corrected chi connectivity index (χ0v) is 34.4. The zero-order valence-electron chi connectivity index (χ0n) is 29.0. The topological polar surface area (TPSA) is 151 Å². The molecule has 7 rings (SSSR count). The van der Waals surface area contributed by atoms with Crippen LogP contribution in [0.5, 0.6) is 0 Å². The average Bonchev–Trinajstić information content (AvgIpc) is 3.17. The van der Waals surface area contributed by atoms with Crippen molar-refractivity contribution in [2.45, 2.75) is 29.4 Å². The van der Waals surface area contributed by atoms with Crippen LogP contribution in [-0.2, 0) is 0 Å². The van der Waals surface area contributed by atoms with Gasteiger partial charge in [0.2, 0.25) is 0 Å². The van der Waals surface area contributed by atoms with Crippen LogP contribution < -0.4 is 0 Å². The first-order valence-corrected chi connectivity index (χ1v) is 19.3. The summed E-state index contributed by atoms with van der Waals surface area (Å²) in [5, 5.41) is 28.1. The van der Waals surface area contributed by atoms with Gasteiger partial charge < -0.3 is 15.3 Å². The molecule has 6 aromatic carbocycles. The van der Waals surface area contributed by atoms with Crippen molar-refractivity contribution in [1.29, 1.82) is 0 Å². The van der Waals surface area contributed by atoms with Gasteiger partial charge in [0.1, 0.15) is 0 Å². The van der Waals surface area contributed by atoms with Crippen LogP contribution in [0.3, 0.4) is 0 Å². The van der Waals surface area contributed by atoms with Crippen molar-refractivity contribution in [3.05, 3.63) is 126 Å². The molecule has 0 spiro atoms. The average molecular weight is 862 g/mol. The maximum absolute atomic E-state index is 11.4. The number of carboxylic acids is 3. The lowest BCUT2D eigenvalue weighted by Gasteiger charge is -2.17. The fourth-order valence-corrected chi connectivity index (χ4v) is 8.57. The van der Waals surface area contributed by atoms with Gasteiger partial charge >= 0.3 is 17.9 Å². The van der Waals surface area contributed by atoms with Crippen molar-refractivity contribution in [2.75, 3.05) is 0 Å². The molecule has 0 fully saturated rings. The lowest BCUT2D eigenvalue weighted by atomic mass is 10.0. The van der Waals surface area contributed by atoms with E-state index in [0.717, 1.165) is 33.4 Å². The molecular formula is C42H27N3O6S6. The molecule has 0 amide bonds. The molecule has 7 aromatic rings. The SMILES string of the molecule is O=C(O)c1ccc(-c2cc(S)c(-c3nc(-c4c(S)cc(-c5ccc(C(=O)O)cc5)cc4S)nc(-c4c(S)cc(-c5ccc(C(=O)O)cc5)cc4S)n3)c(S)c2)cc1. The lowest BCUT2D eigenvalue weighted by Crippen LogP contribution is -2.03. The van der Waals surface area contributed by atoms with Crippen LogP contribution in [0.4, 0.5) is 0 Å². The van der Waals surface area contributed by atoms with Gasteiger partial charge in [-0.2, -0.15) is 0 Å². The van der Waals surface area contributed by atoms with Gasteiger partial charge in [0.15, 0.2) is 17.5 Å². The van der Waals surface area contributed by atoms with Gasteiger partial charge in [-0.25, -0.2) is 29.3 Å². The number of hydrogen-bond acceptors (Lipinski definition) is 12. The number of thiol groups is 6. The Morgan fingerprint density at radius 3 is 0.702 bits per heavy atom. The largest absolute Gasteiger partial charge is 0.478 e. The molecule has 15 heteroatoms. The zero-order chi connectivity index (χ0) is 40.7. The molecule has 282 valence electrons. The lowest BCUT2D eigenvalue weighted by molar-refractivity contribution is 0.0686. The van der Waals surface area contributed by atoms with Crippen molar-refractivity contribution < 1.29 is 29.7 Å². The highest BCUT2D eigenvalue weighted by Crippen LogP contribution is 2.42. The van der Waals surface area contributed by atoms with E-state index in [4.69, 9.17) is 90.7 Å². The molecule has 0 radical (unpaired) electrons. The van der Waals surface area contributed by atoms with Crippen LogP contribution in [0.25, 0.3) is 67.5 Å². The minimum atomic E-state index is -1.03. The van der Waals surface area contributed by atoms with E-state index in [1.54, 1.807) is 36.4 Å². The smallest absolute Gasteiger partial charge is 0.335 e. The van der Waals surface area contributed by atoms with E-state index in [-0.39, 0.29) is 34.2 Å². The highest BCUT2D eigenvalue weighted by molar-refractivity contribution is 7.82. The molecule has 3 N–H and O–H groups in total. The first-order chi connectivity index (χ1) is 27.2. The molecule has 1 aromatic heterocycles. The summed E-state index contributed by atoms with van der Waals surface area (Å²) in [7, 11) is 0. The van der Waals surface area contributed by atoms with Crippen LogP contribution in [0.15, 0.2) is 139 Å². The van der Waals surface area contributed by atoms with Crippen LogP contribution >= 0.6 is 75.8 Å². The third kappa shape index (κ3) is 8.30. The summed E-state index contributed by atoms with van der Waals surface area (Å²) < 4.78 is 0. The molecule has 0 saturated heterocycles. The van der Waals surface area contributed by atoms with E-state index in [9.17, 15) is 29.7 Å². The second-order valence-electron chi connectivity index (χ2n) is 12.6. The van der Waals surface area contributed by atoms with Gasteiger partial charge in [-0.3, -0.25) is 0 Å². The molecule has 0 aliphatic heterocycles. The van der Waals surface area contributed by atoms with Gasteiger partial charge in [-0.15, -0.1) is 75.8 Å². The van der Waals surface area contributed by atoms with Gasteiger partial charge in [0.25, 0.3) is 0 Å². The molecule has 0 bridgehead atoms. The Labute approximate surface area is 358 Å². The molecule has 0 aliphatic rings. The standard InChI is InChI=1S/C42H27N3O6S6/c46-40(47)22-7-1-19(2-8-22)25-13-28(52)34(29(53)14-25)37-43-38(35-30(54)15-26(16-31(35)55)20-3-9-23(10-4-20)41(48)49)45-39(44-37)36-32(56)17-27(18-33(36)57)21-5-11-24(12-6-21)42(50)51/h1-18,52-57H,(H,46,47)(H,48,49)(H,50,51). The summed E-state index contributed by atoms with van der Waals surface area (Å²) in [5.74, 6) is -2.42. The molecule has 0 aliphatic carbocycles. The molecule has 0 saturated carbocycles. The number of rotatable bonds is 9. The maximum Gasteiger partial charge on any atom is 0.335 e. The highest BCUT2D eigenvalue weighted by atomic mass is 32.1. The van der Waals surface area contributed by atoms with Crippen LogP contribution in [0.2, 0.25) is 0 Å². The van der Waals surface area contributed by atoms with Crippen LogP contribution in [0, 0.1) is 0 Å². The summed E-state index contributed by atoms with van der Waals surface area (Å²) in [6.07, 6.45) is 0. The summed E-state index contributed by atoms with van der Waals surface area (Å²) in [6.45, 7) is 0. The molecule has 0 unspecified atom stereocenters. The second kappa shape index (κ2) is 16.4. The van der Waals surface area contributed by atoms with E-state index in [1.165, 1.54) is 36.4 Å². The van der Waals surface area contributed by atoms with Gasteiger partial charge in [0, 0.05) is 46.1 Å². The van der Waals surface area contributed by atoms with Gasteiger partial charge in [-0.05, 0) is 106 Å². The number of aromatic nitrogens is 3. The number of hydrogen-bond donors (Lipinski definition) is 9. The summed E-state index contributed by atoms with van der Waals surface area (Å²) in [5.41, 5.74) is 6.43. The molecule has 0 atom stereocenters. The predicted octanol–water partition coefficient (Wildman–Crippen LogP) is 10.7. The summed E-state index contributed by atoms with van der Waals surface area (Å²) in [6, 6.07) is 30.2. The minimum absolute atomic E-state index is 0.158. The third-order valence-corrected chi connectivity index (χ3v) is 11.1. The van der Waals surface area contributed by atoms with Gasteiger partial charge in [-0.1, -0.05) is 36.4 Å². The predicted molar refractivity (Wildman–Crippen MR) is 237 cm³/mol. The number of carboxylic acid groups (broad SMARTS) is 3. The Kier molecular flexibility index (Phi) is 11.5. The second-order valence-corrected chi connectivity index (χ2v) is 15.5. The summed E-state index contributed by atoms with van der Waals surface area (Å²) >= 11 is 29.1. The van der Waals surface area contributed by atoms with Crippen molar-refractivity contribution in [2.24, 2.45) is 0 Å². The molecule has 57 heavy (non-hydrogen) atoms. The van der Waals surface area contributed by atoms with Crippen molar-refractivity contribution in [1.82, 2.24) is 15.0 Å². The number of carbonyl (C=O) groups is 3. The monoisotopic (exact) mass is 861 g/mol. The number of aromatic carboxylic acids is 3. The van der Waals surface area contributed by atoms with E-state index < -0.39 is 17.9 Å². The van der Waals surface area contributed by atoms with Crippen molar-refractivity contribution >= 4 is 93.7 Å². The van der Waals surface area contributed by atoms with Crippen LogP contribution in [0.1, 0.15) is 31.1 Å². The van der Waals surface area contributed by atoms with Crippen molar-refractivity contribution in [3.8, 4) is 67.5 Å². The highest BCUT2D eigenvalue weighted by Gasteiger charge is 2.23. The molecule has 1 heterocycles. The van der Waals surface area contributed by atoms with Crippen LogP contribution in [-0.4, -0.2) is 48.2 Å². The Morgan fingerprint density at radius 1 is 0.333 bits per heavy atom. The molecule has 9 nitrogen and oxygen atoms in total. The third-order valence-electron chi connectivity index (χ3n) is 8.99. The summed E-state index contributed by atoms with van der Waals surface area (Å²) in [4.78, 5) is 51.9. The first-order valence-electron chi connectivity index (χ1n) is 16.6. The Hall–Kier alpha value is -5.16. The van der Waals surface area contributed by atoms with E-state index in [2.05, 4.69) is 0 Å².